The molecule has 0 aliphatic carbocycles. The first kappa shape index (κ1) is 18.4. The molecule has 0 saturated carbocycles. The van der Waals surface area contributed by atoms with E-state index < -0.39 is 5.60 Å². The fourth-order valence-electron chi connectivity index (χ4n) is 2.54. The van der Waals surface area contributed by atoms with Crippen LogP contribution >= 0.6 is 0 Å². The lowest BCUT2D eigenvalue weighted by Crippen LogP contribution is -2.50. The van der Waals surface area contributed by atoms with Crippen molar-refractivity contribution in [3.63, 3.8) is 0 Å². The molecule has 1 aromatic carbocycles. The third-order valence-electron chi connectivity index (χ3n) is 3.70. The molecular formula is C18H28N2O4. The van der Waals surface area contributed by atoms with Gasteiger partial charge in [0.05, 0.1) is 12.3 Å². The molecule has 1 heterocycles. The van der Waals surface area contributed by atoms with Crippen molar-refractivity contribution >= 4 is 11.8 Å². The van der Waals surface area contributed by atoms with Crippen LogP contribution in [0.1, 0.15) is 27.2 Å². The first-order valence-electron chi connectivity index (χ1n) is 8.46. The number of hydrogen-bond acceptors (Lipinski definition) is 5. The van der Waals surface area contributed by atoms with Gasteiger partial charge in [0.15, 0.2) is 0 Å². The van der Waals surface area contributed by atoms with Crippen LogP contribution in [0.3, 0.4) is 0 Å². The summed E-state index contributed by atoms with van der Waals surface area (Å²) in [7, 11) is 0. The standard InChI is InChI=1S/C18H28N2O4/c1-18(2,3)24-17(22)20-11-9-19(10-12-20)15-7-4-5-8-16(15)23-14-6-13-21/h4-5,7-8,21H,6,9-14H2,1-3H3. The Morgan fingerprint density at radius 3 is 2.46 bits per heavy atom. The predicted octanol–water partition coefficient (Wildman–Crippen LogP) is 2.50. The zero-order valence-electron chi connectivity index (χ0n) is 14.8. The zero-order valence-corrected chi connectivity index (χ0v) is 14.8. The summed E-state index contributed by atoms with van der Waals surface area (Å²) >= 11 is 0. The Bertz CT molecular complexity index is 534. The summed E-state index contributed by atoms with van der Waals surface area (Å²) in [5, 5.41) is 8.88. The van der Waals surface area contributed by atoms with Crippen LogP contribution in [0.5, 0.6) is 5.75 Å². The number of amides is 1. The van der Waals surface area contributed by atoms with Crippen LogP contribution in [0.15, 0.2) is 24.3 Å². The highest BCUT2D eigenvalue weighted by atomic mass is 16.6. The maximum atomic E-state index is 12.1. The number of hydrogen-bond donors (Lipinski definition) is 1. The molecule has 1 aromatic rings. The van der Waals surface area contributed by atoms with E-state index in [4.69, 9.17) is 14.6 Å². The van der Waals surface area contributed by atoms with Crippen LogP contribution in [-0.4, -0.2) is 61.1 Å². The molecule has 6 heteroatoms. The number of carbonyl (C=O) groups excluding carboxylic acids is 1. The van der Waals surface area contributed by atoms with Crippen LogP contribution in [0.2, 0.25) is 0 Å². The van der Waals surface area contributed by atoms with Gasteiger partial charge in [-0.05, 0) is 32.9 Å². The van der Waals surface area contributed by atoms with Crippen molar-refractivity contribution in [2.24, 2.45) is 0 Å². The normalized spacial score (nSPS) is 15.3. The molecule has 134 valence electrons. The van der Waals surface area contributed by atoms with E-state index in [2.05, 4.69) is 4.90 Å². The Labute approximate surface area is 144 Å². The van der Waals surface area contributed by atoms with Gasteiger partial charge < -0.3 is 24.4 Å². The minimum Gasteiger partial charge on any atom is -0.491 e. The first-order valence-corrected chi connectivity index (χ1v) is 8.46. The van der Waals surface area contributed by atoms with E-state index in [1.54, 1.807) is 4.90 Å². The lowest BCUT2D eigenvalue weighted by Gasteiger charge is -2.37. The average molecular weight is 336 g/mol. The molecule has 24 heavy (non-hydrogen) atoms. The van der Waals surface area contributed by atoms with Crippen LogP contribution in [0, 0.1) is 0 Å². The van der Waals surface area contributed by atoms with Gasteiger partial charge in [0.1, 0.15) is 11.4 Å². The van der Waals surface area contributed by atoms with Gasteiger partial charge in [0.2, 0.25) is 0 Å². The molecule has 1 aliphatic rings. The summed E-state index contributed by atoms with van der Waals surface area (Å²) in [6, 6.07) is 7.88. The number of carbonyl (C=O) groups is 1. The molecule has 0 aromatic heterocycles. The summed E-state index contributed by atoms with van der Waals surface area (Å²) in [6.07, 6.45) is 0.357. The van der Waals surface area contributed by atoms with Gasteiger partial charge in [-0.1, -0.05) is 12.1 Å². The maximum absolute atomic E-state index is 12.1. The minimum atomic E-state index is -0.471. The molecule has 2 rings (SSSR count). The van der Waals surface area contributed by atoms with Crippen LogP contribution in [-0.2, 0) is 4.74 Å². The average Bonchev–Trinajstić information content (AvgIpc) is 2.54. The van der Waals surface area contributed by atoms with Gasteiger partial charge in [-0.25, -0.2) is 4.79 Å². The Morgan fingerprint density at radius 1 is 1.17 bits per heavy atom. The molecule has 1 fully saturated rings. The fourth-order valence-corrected chi connectivity index (χ4v) is 2.54. The van der Waals surface area contributed by atoms with Gasteiger partial charge >= 0.3 is 6.09 Å². The van der Waals surface area contributed by atoms with Gasteiger partial charge in [-0.2, -0.15) is 0 Å². The van der Waals surface area contributed by atoms with Crippen molar-refractivity contribution in [2.45, 2.75) is 32.8 Å². The number of nitrogens with zero attached hydrogens (tertiary/aromatic N) is 2. The second-order valence-corrected chi connectivity index (χ2v) is 6.85. The number of para-hydroxylation sites is 2. The summed E-state index contributed by atoms with van der Waals surface area (Å²) in [6.45, 7) is 8.96. The van der Waals surface area contributed by atoms with Crippen molar-refractivity contribution in [3.05, 3.63) is 24.3 Å². The summed E-state index contributed by atoms with van der Waals surface area (Å²) in [5.41, 5.74) is 0.556. The molecule has 0 radical (unpaired) electrons. The van der Waals surface area contributed by atoms with E-state index in [1.165, 1.54) is 0 Å². The molecule has 1 aliphatic heterocycles. The van der Waals surface area contributed by atoms with Crippen molar-refractivity contribution in [1.29, 1.82) is 0 Å². The predicted molar refractivity (Wildman–Crippen MR) is 93.7 cm³/mol. The minimum absolute atomic E-state index is 0.122. The molecule has 0 spiro atoms. The highest BCUT2D eigenvalue weighted by Gasteiger charge is 2.26. The number of benzene rings is 1. The smallest absolute Gasteiger partial charge is 0.410 e. The molecule has 1 saturated heterocycles. The van der Waals surface area contributed by atoms with E-state index in [9.17, 15) is 4.79 Å². The van der Waals surface area contributed by atoms with E-state index in [0.29, 0.717) is 26.1 Å². The molecule has 6 nitrogen and oxygen atoms in total. The second kappa shape index (κ2) is 8.24. The first-order chi connectivity index (χ1) is 11.4. The number of aliphatic hydroxyl groups excluding tert-OH is 1. The van der Waals surface area contributed by atoms with Crippen molar-refractivity contribution in [1.82, 2.24) is 4.90 Å². The van der Waals surface area contributed by atoms with Gasteiger partial charge in [-0.3, -0.25) is 0 Å². The van der Waals surface area contributed by atoms with Gasteiger partial charge in [0.25, 0.3) is 0 Å². The van der Waals surface area contributed by atoms with Crippen molar-refractivity contribution in [2.75, 3.05) is 44.3 Å². The zero-order chi connectivity index (χ0) is 17.6. The van der Waals surface area contributed by atoms with Crippen LogP contribution < -0.4 is 9.64 Å². The van der Waals surface area contributed by atoms with E-state index in [0.717, 1.165) is 24.5 Å². The third-order valence-corrected chi connectivity index (χ3v) is 3.70. The van der Waals surface area contributed by atoms with E-state index in [1.807, 2.05) is 45.0 Å². The number of aliphatic hydroxyl groups is 1. The van der Waals surface area contributed by atoms with Crippen molar-refractivity contribution < 1.29 is 19.4 Å². The lowest BCUT2D eigenvalue weighted by molar-refractivity contribution is 0.0240. The second-order valence-electron chi connectivity index (χ2n) is 6.85. The Kier molecular flexibility index (Phi) is 6.31. The quantitative estimate of drug-likeness (QED) is 0.837. The molecule has 1 amide bonds. The molecule has 0 atom stereocenters. The van der Waals surface area contributed by atoms with E-state index >= 15 is 0 Å². The summed E-state index contributed by atoms with van der Waals surface area (Å²) in [4.78, 5) is 16.1. The Morgan fingerprint density at radius 2 is 1.83 bits per heavy atom. The maximum Gasteiger partial charge on any atom is 0.410 e. The number of anilines is 1. The number of piperazine rings is 1. The Hall–Kier alpha value is -1.95. The highest BCUT2D eigenvalue weighted by Crippen LogP contribution is 2.29. The Balaban J connectivity index is 1.93. The SMILES string of the molecule is CC(C)(C)OC(=O)N1CCN(c2ccccc2OCCCO)CC1. The highest BCUT2D eigenvalue weighted by molar-refractivity contribution is 5.69. The molecular weight excluding hydrogens is 308 g/mol. The largest absolute Gasteiger partial charge is 0.491 e. The number of ether oxygens (including phenoxy) is 2. The van der Waals surface area contributed by atoms with Crippen LogP contribution in [0.4, 0.5) is 10.5 Å². The molecule has 0 bridgehead atoms. The molecule has 1 N–H and O–H groups in total. The monoisotopic (exact) mass is 336 g/mol. The third kappa shape index (κ3) is 5.30. The van der Waals surface area contributed by atoms with Crippen LogP contribution in [0.25, 0.3) is 0 Å². The summed E-state index contributed by atoms with van der Waals surface area (Å²) < 4.78 is 11.2. The topological polar surface area (TPSA) is 62.2 Å². The summed E-state index contributed by atoms with van der Waals surface area (Å²) in [5.74, 6) is 0.816. The fraction of sp³-hybridized carbons (Fsp3) is 0.611. The molecule has 0 unspecified atom stereocenters. The van der Waals surface area contributed by atoms with E-state index in [-0.39, 0.29) is 12.7 Å². The lowest BCUT2D eigenvalue weighted by atomic mass is 10.2. The van der Waals surface area contributed by atoms with Gasteiger partial charge in [-0.15, -0.1) is 0 Å². The van der Waals surface area contributed by atoms with Gasteiger partial charge in [0, 0.05) is 39.2 Å². The van der Waals surface area contributed by atoms with Crippen molar-refractivity contribution in [3.8, 4) is 5.75 Å². The number of rotatable bonds is 5.